The molecule has 0 spiro atoms. The lowest BCUT2D eigenvalue weighted by Gasteiger charge is -2.12. The number of ether oxygens (including phenoxy) is 2. The minimum absolute atomic E-state index is 0.0226. The topological polar surface area (TPSA) is 56.1 Å². The zero-order valence-electron chi connectivity index (χ0n) is 20.2. The molecule has 1 saturated heterocycles. The lowest BCUT2D eigenvalue weighted by atomic mass is 10.2. The van der Waals surface area contributed by atoms with Gasteiger partial charge in [-0.2, -0.15) is 0 Å². The predicted octanol–water partition coefficient (Wildman–Crippen LogP) is 6.13. The highest BCUT2D eigenvalue weighted by atomic mass is 32.2. The van der Waals surface area contributed by atoms with E-state index in [1.807, 2.05) is 56.3 Å². The van der Waals surface area contributed by atoms with Gasteiger partial charge in [0.05, 0.1) is 24.3 Å². The van der Waals surface area contributed by atoms with Gasteiger partial charge >= 0.3 is 0 Å². The van der Waals surface area contributed by atoms with Crippen molar-refractivity contribution in [3.8, 4) is 17.2 Å². The van der Waals surface area contributed by atoms with Gasteiger partial charge in [-0.1, -0.05) is 0 Å². The minimum Gasteiger partial charge on any atom is -0.497 e. The maximum atomic E-state index is 13.1. The molecule has 1 aliphatic heterocycles. The lowest BCUT2D eigenvalue weighted by molar-refractivity contribution is -0.122. The molecule has 1 aromatic heterocycles. The van der Waals surface area contributed by atoms with Gasteiger partial charge in [0.2, 0.25) is 0 Å². The van der Waals surface area contributed by atoms with Crippen molar-refractivity contribution in [3.63, 3.8) is 0 Å². The molecule has 0 bridgehead atoms. The van der Waals surface area contributed by atoms with Crippen molar-refractivity contribution in [2.45, 2.75) is 27.7 Å². The first kappa shape index (κ1) is 23.7. The zero-order valence-corrected chi connectivity index (χ0v) is 21.0. The zero-order chi connectivity index (χ0) is 24.2. The van der Waals surface area contributed by atoms with Crippen molar-refractivity contribution in [1.29, 1.82) is 0 Å². The van der Waals surface area contributed by atoms with E-state index in [0.29, 0.717) is 23.2 Å². The molecule has 1 fully saturated rings. The summed E-state index contributed by atoms with van der Waals surface area (Å²) in [4.78, 5) is 20.2. The van der Waals surface area contributed by atoms with Gasteiger partial charge in [0, 0.05) is 23.6 Å². The standard InChI is InChI=1S/C27H29N3O3S/c1-6-29-26(31)25(34-27(29)28-21-8-12-23(32-5)13-9-21)17-20-16-18(3)30(19(20)4)22-10-14-24(15-11-22)33-7-2/h8-17H,6-7H2,1-5H3/b25-17+,28-27?. The fourth-order valence-corrected chi connectivity index (χ4v) is 5.02. The molecule has 1 amide bonds. The Hall–Kier alpha value is -3.45. The normalized spacial score (nSPS) is 16.0. The molecule has 176 valence electrons. The van der Waals surface area contributed by atoms with Gasteiger partial charge in [0.25, 0.3) is 5.91 Å². The number of methoxy groups -OCH3 is 1. The number of carbonyl (C=O) groups is 1. The van der Waals surface area contributed by atoms with Gasteiger partial charge in [0.1, 0.15) is 11.5 Å². The number of thioether (sulfide) groups is 1. The van der Waals surface area contributed by atoms with Crippen molar-refractivity contribution in [3.05, 3.63) is 76.5 Å². The van der Waals surface area contributed by atoms with E-state index < -0.39 is 0 Å². The van der Waals surface area contributed by atoms with Crippen LogP contribution in [-0.4, -0.2) is 40.8 Å². The number of amidine groups is 1. The van der Waals surface area contributed by atoms with Gasteiger partial charge in [0.15, 0.2) is 5.17 Å². The van der Waals surface area contributed by atoms with Crippen molar-refractivity contribution >= 4 is 34.6 Å². The number of likely N-dealkylation sites (N-methyl/N-ethyl adjacent to an activating group) is 1. The van der Waals surface area contributed by atoms with Crippen molar-refractivity contribution in [2.24, 2.45) is 4.99 Å². The fourth-order valence-electron chi connectivity index (χ4n) is 3.97. The number of amides is 1. The van der Waals surface area contributed by atoms with Crippen LogP contribution in [0.2, 0.25) is 0 Å². The molecule has 2 heterocycles. The van der Waals surface area contributed by atoms with Gasteiger partial charge in [-0.25, -0.2) is 4.99 Å². The van der Waals surface area contributed by atoms with E-state index >= 15 is 0 Å². The summed E-state index contributed by atoms with van der Waals surface area (Å²) in [5.74, 6) is 1.60. The Labute approximate surface area is 204 Å². The Balaban J connectivity index is 1.64. The number of hydrogen-bond donors (Lipinski definition) is 0. The molecular weight excluding hydrogens is 446 g/mol. The largest absolute Gasteiger partial charge is 0.497 e. The van der Waals surface area contributed by atoms with E-state index in [4.69, 9.17) is 14.5 Å². The van der Waals surface area contributed by atoms with E-state index in [2.05, 4.69) is 36.6 Å². The van der Waals surface area contributed by atoms with E-state index in [1.165, 1.54) is 11.8 Å². The number of hydrogen-bond acceptors (Lipinski definition) is 5. The van der Waals surface area contributed by atoms with Gasteiger partial charge < -0.3 is 14.0 Å². The van der Waals surface area contributed by atoms with Crippen LogP contribution in [-0.2, 0) is 4.79 Å². The average molecular weight is 476 g/mol. The third-order valence-electron chi connectivity index (χ3n) is 5.66. The molecule has 0 atom stereocenters. The summed E-state index contributed by atoms with van der Waals surface area (Å²) < 4.78 is 13.0. The number of aliphatic imine (C=N–C) groups is 1. The molecule has 7 heteroatoms. The molecule has 0 aliphatic carbocycles. The lowest BCUT2D eigenvalue weighted by Crippen LogP contribution is -2.28. The first-order valence-electron chi connectivity index (χ1n) is 11.3. The minimum atomic E-state index is -0.0226. The van der Waals surface area contributed by atoms with Crippen LogP contribution < -0.4 is 9.47 Å². The molecule has 0 unspecified atom stereocenters. The van der Waals surface area contributed by atoms with E-state index in [1.54, 1.807) is 12.0 Å². The van der Waals surface area contributed by atoms with Crippen LogP contribution in [0, 0.1) is 13.8 Å². The number of rotatable bonds is 7. The predicted molar refractivity (Wildman–Crippen MR) is 139 cm³/mol. The number of aryl methyl sites for hydroxylation is 1. The average Bonchev–Trinajstić information content (AvgIpc) is 3.29. The third-order valence-corrected chi connectivity index (χ3v) is 6.67. The summed E-state index contributed by atoms with van der Waals surface area (Å²) in [5.41, 5.74) is 5.04. The molecular formula is C27H29N3O3S. The second-order valence-corrected chi connectivity index (χ2v) is 8.85. The van der Waals surface area contributed by atoms with E-state index in [9.17, 15) is 4.79 Å². The first-order valence-corrected chi connectivity index (χ1v) is 12.1. The molecule has 2 aromatic carbocycles. The first-order chi connectivity index (χ1) is 16.4. The quantitative estimate of drug-likeness (QED) is 0.386. The third kappa shape index (κ3) is 4.75. The van der Waals surface area contributed by atoms with Crippen LogP contribution >= 0.6 is 11.8 Å². The van der Waals surface area contributed by atoms with Gasteiger partial charge in [-0.05, 0) is 106 Å². The van der Waals surface area contributed by atoms with E-state index in [0.717, 1.165) is 39.8 Å². The maximum absolute atomic E-state index is 13.1. The second-order valence-electron chi connectivity index (χ2n) is 7.84. The Kier molecular flexibility index (Phi) is 7.12. The van der Waals surface area contributed by atoms with Crippen molar-refractivity contribution in [2.75, 3.05) is 20.3 Å². The molecule has 0 N–H and O–H groups in total. The van der Waals surface area contributed by atoms with Crippen LogP contribution in [0.5, 0.6) is 11.5 Å². The van der Waals surface area contributed by atoms with Gasteiger partial charge in [-0.15, -0.1) is 0 Å². The molecule has 0 radical (unpaired) electrons. The van der Waals surface area contributed by atoms with Crippen LogP contribution in [0.3, 0.4) is 0 Å². The Morgan fingerprint density at radius 1 is 1.00 bits per heavy atom. The molecule has 3 aromatic rings. The monoisotopic (exact) mass is 475 g/mol. The van der Waals surface area contributed by atoms with E-state index in [-0.39, 0.29) is 5.91 Å². The van der Waals surface area contributed by atoms with Crippen LogP contribution in [0.1, 0.15) is 30.8 Å². The number of benzene rings is 2. The number of aromatic nitrogens is 1. The highest BCUT2D eigenvalue weighted by Gasteiger charge is 2.32. The van der Waals surface area contributed by atoms with Crippen LogP contribution in [0.4, 0.5) is 5.69 Å². The van der Waals surface area contributed by atoms with Crippen molar-refractivity contribution in [1.82, 2.24) is 9.47 Å². The summed E-state index contributed by atoms with van der Waals surface area (Å²) in [6.07, 6.45) is 1.97. The smallest absolute Gasteiger partial charge is 0.266 e. The number of carbonyl (C=O) groups excluding carboxylic acids is 1. The summed E-state index contributed by atoms with van der Waals surface area (Å²) >= 11 is 1.41. The summed E-state index contributed by atoms with van der Waals surface area (Å²) in [7, 11) is 1.63. The molecule has 34 heavy (non-hydrogen) atoms. The summed E-state index contributed by atoms with van der Waals surface area (Å²) in [6.45, 7) is 9.28. The molecule has 0 saturated carbocycles. The highest BCUT2D eigenvalue weighted by molar-refractivity contribution is 8.18. The van der Waals surface area contributed by atoms with Gasteiger partial charge in [-0.3, -0.25) is 9.69 Å². The Morgan fingerprint density at radius 3 is 2.29 bits per heavy atom. The Morgan fingerprint density at radius 2 is 1.68 bits per heavy atom. The second kappa shape index (κ2) is 10.2. The van der Waals surface area contributed by atoms with Crippen LogP contribution in [0.15, 0.2) is 64.5 Å². The molecule has 4 rings (SSSR count). The SMILES string of the molecule is CCOc1ccc(-n2c(C)cc(/C=C3/SC(=Nc4ccc(OC)cc4)N(CC)C3=O)c2C)cc1. The highest BCUT2D eigenvalue weighted by Crippen LogP contribution is 2.35. The van der Waals surface area contributed by atoms with Crippen molar-refractivity contribution < 1.29 is 14.3 Å². The summed E-state index contributed by atoms with van der Waals surface area (Å²) in [5, 5.41) is 0.684. The Bertz CT molecular complexity index is 1240. The fraction of sp³-hybridized carbons (Fsp3) is 0.259. The maximum Gasteiger partial charge on any atom is 0.266 e. The number of nitrogens with zero attached hydrogens (tertiary/aromatic N) is 3. The summed E-state index contributed by atoms with van der Waals surface area (Å²) in [6, 6.07) is 17.7. The van der Waals surface area contributed by atoms with Crippen LogP contribution in [0.25, 0.3) is 11.8 Å². The molecule has 1 aliphatic rings. The molecule has 6 nitrogen and oxygen atoms in total.